The summed E-state index contributed by atoms with van der Waals surface area (Å²) in [5, 5.41) is 0. The Morgan fingerprint density at radius 2 is 1.94 bits per heavy atom. The normalized spacial score (nSPS) is 11.7. The van der Waals surface area contributed by atoms with E-state index in [4.69, 9.17) is 0 Å². The van der Waals surface area contributed by atoms with E-state index in [-0.39, 0.29) is 0 Å². The van der Waals surface area contributed by atoms with Crippen LogP contribution in [0.25, 0.3) is 0 Å². The first kappa shape index (κ1) is 15.7. The SMILES string of the molecule is CCCCCCNS(=O)(=O)c1ccc(Br)c(C)c1. The molecular formula is C13H20BrNO2S. The number of halogens is 1. The molecule has 0 unspecified atom stereocenters. The van der Waals surface area contributed by atoms with Crippen LogP contribution in [0.1, 0.15) is 38.2 Å². The summed E-state index contributed by atoms with van der Waals surface area (Å²) in [7, 11) is -3.36. The molecule has 0 saturated heterocycles. The number of benzene rings is 1. The molecule has 0 aliphatic heterocycles. The molecule has 1 rings (SSSR count). The Kier molecular flexibility index (Phi) is 6.32. The molecule has 1 aromatic rings. The second kappa shape index (κ2) is 7.26. The second-order valence-corrected chi connectivity index (χ2v) is 6.99. The van der Waals surface area contributed by atoms with E-state index in [1.165, 1.54) is 0 Å². The summed E-state index contributed by atoms with van der Waals surface area (Å²) in [6.07, 6.45) is 4.26. The van der Waals surface area contributed by atoms with Gasteiger partial charge < -0.3 is 0 Å². The summed E-state index contributed by atoms with van der Waals surface area (Å²) in [5.41, 5.74) is 0.920. The van der Waals surface area contributed by atoms with Crippen molar-refractivity contribution in [3.63, 3.8) is 0 Å². The molecular weight excluding hydrogens is 314 g/mol. The quantitative estimate of drug-likeness (QED) is 0.774. The number of rotatable bonds is 7. The highest BCUT2D eigenvalue weighted by Gasteiger charge is 2.13. The third-order valence-electron chi connectivity index (χ3n) is 2.76. The van der Waals surface area contributed by atoms with Gasteiger partial charge in [-0.2, -0.15) is 0 Å². The van der Waals surface area contributed by atoms with Gasteiger partial charge in [0.05, 0.1) is 4.90 Å². The molecule has 0 saturated carbocycles. The zero-order valence-corrected chi connectivity index (χ0v) is 13.3. The van der Waals surface area contributed by atoms with Gasteiger partial charge in [0.2, 0.25) is 10.0 Å². The molecule has 5 heteroatoms. The van der Waals surface area contributed by atoms with E-state index in [1.807, 2.05) is 6.92 Å². The Bertz CT molecular complexity index is 486. The molecule has 0 heterocycles. The number of hydrogen-bond acceptors (Lipinski definition) is 2. The fourth-order valence-electron chi connectivity index (χ4n) is 1.63. The van der Waals surface area contributed by atoms with Crippen molar-refractivity contribution in [3.05, 3.63) is 28.2 Å². The highest BCUT2D eigenvalue weighted by molar-refractivity contribution is 9.10. The predicted molar refractivity (Wildman–Crippen MR) is 78.2 cm³/mol. The van der Waals surface area contributed by atoms with E-state index in [2.05, 4.69) is 27.6 Å². The summed E-state index contributed by atoms with van der Waals surface area (Å²) in [6.45, 7) is 4.52. The van der Waals surface area contributed by atoms with Gasteiger partial charge in [-0.1, -0.05) is 42.1 Å². The number of unbranched alkanes of at least 4 members (excludes halogenated alkanes) is 3. The highest BCUT2D eigenvalue weighted by atomic mass is 79.9. The van der Waals surface area contributed by atoms with Crippen LogP contribution in [0.2, 0.25) is 0 Å². The third-order valence-corrected chi connectivity index (χ3v) is 5.11. The zero-order chi connectivity index (χ0) is 13.6. The largest absolute Gasteiger partial charge is 0.240 e. The lowest BCUT2D eigenvalue weighted by molar-refractivity contribution is 0.573. The summed E-state index contributed by atoms with van der Waals surface area (Å²) >= 11 is 3.36. The minimum absolute atomic E-state index is 0.332. The van der Waals surface area contributed by atoms with Crippen LogP contribution < -0.4 is 4.72 Å². The van der Waals surface area contributed by atoms with Gasteiger partial charge in [0.15, 0.2) is 0 Å². The maximum absolute atomic E-state index is 12.0. The van der Waals surface area contributed by atoms with Crippen LogP contribution in [-0.2, 0) is 10.0 Å². The van der Waals surface area contributed by atoms with E-state index in [1.54, 1.807) is 18.2 Å². The summed E-state index contributed by atoms with van der Waals surface area (Å²) < 4.78 is 27.6. The molecule has 102 valence electrons. The third kappa shape index (κ3) is 4.71. The van der Waals surface area contributed by atoms with Crippen molar-refractivity contribution in [2.75, 3.05) is 6.54 Å². The van der Waals surface area contributed by atoms with E-state index < -0.39 is 10.0 Å². The lowest BCUT2D eigenvalue weighted by atomic mass is 10.2. The fraction of sp³-hybridized carbons (Fsp3) is 0.538. The lowest BCUT2D eigenvalue weighted by Gasteiger charge is -2.08. The predicted octanol–water partition coefficient (Wildman–Crippen LogP) is 3.62. The first-order valence-corrected chi connectivity index (χ1v) is 8.51. The van der Waals surface area contributed by atoms with Crippen molar-refractivity contribution in [1.82, 2.24) is 4.72 Å². The average Bonchev–Trinajstić information content (AvgIpc) is 2.32. The molecule has 0 fully saturated rings. The monoisotopic (exact) mass is 333 g/mol. The van der Waals surface area contributed by atoms with Gasteiger partial charge in [0.25, 0.3) is 0 Å². The van der Waals surface area contributed by atoms with E-state index in [0.29, 0.717) is 11.4 Å². The molecule has 0 aromatic heterocycles. The summed E-state index contributed by atoms with van der Waals surface area (Å²) in [5.74, 6) is 0. The Balaban J connectivity index is 2.60. The van der Waals surface area contributed by atoms with Crippen LogP contribution in [0.3, 0.4) is 0 Å². The maximum atomic E-state index is 12.0. The molecule has 3 nitrogen and oxygen atoms in total. The minimum atomic E-state index is -3.36. The maximum Gasteiger partial charge on any atom is 0.240 e. The molecule has 0 amide bonds. The molecule has 1 aromatic carbocycles. The van der Waals surface area contributed by atoms with Crippen molar-refractivity contribution < 1.29 is 8.42 Å². The van der Waals surface area contributed by atoms with Crippen LogP contribution in [0.15, 0.2) is 27.6 Å². The smallest absolute Gasteiger partial charge is 0.211 e. The van der Waals surface area contributed by atoms with Crippen molar-refractivity contribution in [3.8, 4) is 0 Å². The Morgan fingerprint density at radius 1 is 1.22 bits per heavy atom. The lowest BCUT2D eigenvalue weighted by Crippen LogP contribution is -2.24. The number of aryl methyl sites for hydroxylation is 1. The topological polar surface area (TPSA) is 46.2 Å². The van der Waals surface area contributed by atoms with Gasteiger partial charge in [0, 0.05) is 11.0 Å². The van der Waals surface area contributed by atoms with Gasteiger partial charge >= 0.3 is 0 Å². The Hall–Kier alpha value is -0.390. The van der Waals surface area contributed by atoms with Gasteiger partial charge in [-0.05, 0) is 37.1 Å². The van der Waals surface area contributed by atoms with Crippen LogP contribution in [0.5, 0.6) is 0 Å². The van der Waals surface area contributed by atoms with Crippen molar-refractivity contribution in [1.29, 1.82) is 0 Å². The number of nitrogens with one attached hydrogen (secondary N) is 1. The fourth-order valence-corrected chi connectivity index (χ4v) is 3.03. The van der Waals surface area contributed by atoms with Crippen LogP contribution in [0.4, 0.5) is 0 Å². The molecule has 1 N–H and O–H groups in total. The van der Waals surface area contributed by atoms with Gasteiger partial charge in [0.1, 0.15) is 0 Å². The van der Waals surface area contributed by atoms with Gasteiger partial charge in [-0.15, -0.1) is 0 Å². The first-order valence-electron chi connectivity index (χ1n) is 6.23. The number of hydrogen-bond donors (Lipinski definition) is 1. The first-order chi connectivity index (χ1) is 8.47. The molecule has 0 aliphatic rings. The standard InChI is InChI=1S/C13H20BrNO2S/c1-3-4-5-6-9-15-18(16,17)12-7-8-13(14)11(2)10-12/h7-8,10,15H,3-6,9H2,1-2H3. The van der Waals surface area contributed by atoms with Crippen LogP contribution >= 0.6 is 15.9 Å². The number of sulfonamides is 1. The molecule has 0 aliphatic carbocycles. The summed E-state index contributed by atoms with van der Waals surface area (Å²) in [6, 6.07) is 5.06. The molecule has 0 spiro atoms. The van der Waals surface area contributed by atoms with E-state index in [0.717, 1.165) is 35.7 Å². The van der Waals surface area contributed by atoms with E-state index in [9.17, 15) is 8.42 Å². The Labute approximate surface area is 118 Å². The zero-order valence-electron chi connectivity index (χ0n) is 10.9. The Morgan fingerprint density at radius 3 is 2.56 bits per heavy atom. The van der Waals surface area contributed by atoms with Crippen molar-refractivity contribution >= 4 is 26.0 Å². The molecule has 0 bridgehead atoms. The average molecular weight is 334 g/mol. The molecule has 18 heavy (non-hydrogen) atoms. The highest BCUT2D eigenvalue weighted by Crippen LogP contribution is 2.19. The second-order valence-electron chi connectivity index (χ2n) is 4.37. The van der Waals surface area contributed by atoms with Crippen LogP contribution in [-0.4, -0.2) is 15.0 Å². The van der Waals surface area contributed by atoms with E-state index >= 15 is 0 Å². The van der Waals surface area contributed by atoms with Gasteiger partial charge in [-0.3, -0.25) is 0 Å². The molecule has 0 atom stereocenters. The van der Waals surface area contributed by atoms with Crippen molar-refractivity contribution in [2.45, 2.75) is 44.4 Å². The van der Waals surface area contributed by atoms with Gasteiger partial charge in [-0.25, -0.2) is 13.1 Å². The summed E-state index contributed by atoms with van der Waals surface area (Å²) in [4.78, 5) is 0.332. The van der Waals surface area contributed by atoms with Crippen LogP contribution in [0, 0.1) is 6.92 Å². The minimum Gasteiger partial charge on any atom is -0.211 e. The molecule has 0 radical (unpaired) electrons. The van der Waals surface area contributed by atoms with Crippen molar-refractivity contribution in [2.24, 2.45) is 0 Å².